The lowest BCUT2D eigenvalue weighted by Crippen LogP contribution is -2.06. The number of carbonyl (C=O) groups is 1. The van der Waals surface area contributed by atoms with Crippen LogP contribution in [0.1, 0.15) is 28.4 Å². The molecule has 2 aromatic heterocycles. The van der Waals surface area contributed by atoms with Gasteiger partial charge in [0.2, 0.25) is 0 Å². The maximum atomic E-state index is 12.9. The number of aromatic nitrogens is 1. The molecule has 0 aliphatic carbocycles. The second kappa shape index (κ2) is 7.74. The molecule has 0 saturated carbocycles. The summed E-state index contributed by atoms with van der Waals surface area (Å²) in [7, 11) is 0. The molecule has 4 rings (SSSR count). The second-order valence-electron chi connectivity index (χ2n) is 6.72. The van der Waals surface area contributed by atoms with E-state index in [9.17, 15) is 18.0 Å². The van der Waals surface area contributed by atoms with Crippen LogP contribution in [0.5, 0.6) is 5.75 Å². The number of carbonyl (C=O) groups excluding carboxylic acids is 1. The fraction of sp³-hybridized carbons (Fsp3) is 0.174. The fourth-order valence-corrected chi connectivity index (χ4v) is 3.43. The van der Waals surface area contributed by atoms with E-state index in [4.69, 9.17) is 9.47 Å². The Bertz CT molecular complexity index is 1230. The van der Waals surface area contributed by atoms with E-state index in [2.05, 4.69) is 0 Å². The molecule has 0 aliphatic heterocycles. The van der Waals surface area contributed by atoms with Gasteiger partial charge in [0, 0.05) is 17.6 Å². The van der Waals surface area contributed by atoms with Crippen molar-refractivity contribution in [2.75, 3.05) is 6.61 Å². The first kappa shape index (κ1) is 19.8. The third kappa shape index (κ3) is 3.70. The summed E-state index contributed by atoms with van der Waals surface area (Å²) >= 11 is 0. The number of halogens is 3. The first-order valence-corrected chi connectivity index (χ1v) is 9.37. The Labute approximate surface area is 170 Å². The van der Waals surface area contributed by atoms with E-state index < -0.39 is 17.7 Å². The van der Waals surface area contributed by atoms with E-state index in [-0.39, 0.29) is 13.2 Å². The van der Waals surface area contributed by atoms with Crippen molar-refractivity contribution in [2.24, 2.45) is 0 Å². The van der Waals surface area contributed by atoms with Gasteiger partial charge in [-0.3, -0.25) is 0 Å². The van der Waals surface area contributed by atoms with E-state index in [0.717, 1.165) is 17.6 Å². The van der Waals surface area contributed by atoms with Crippen LogP contribution < -0.4 is 4.74 Å². The fourth-order valence-electron chi connectivity index (χ4n) is 3.43. The number of benzene rings is 2. The van der Waals surface area contributed by atoms with Gasteiger partial charge in [0.15, 0.2) is 0 Å². The quantitative estimate of drug-likeness (QED) is 0.385. The molecule has 0 N–H and O–H groups in total. The van der Waals surface area contributed by atoms with Crippen molar-refractivity contribution in [3.05, 3.63) is 83.6 Å². The van der Waals surface area contributed by atoms with Gasteiger partial charge in [-0.2, -0.15) is 13.2 Å². The number of fused-ring (bicyclic) bond motifs is 3. The maximum Gasteiger partial charge on any atom is 0.416 e. The molecule has 0 atom stereocenters. The summed E-state index contributed by atoms with van der Waals surface area (Å²) in [6.45, 7) is 2.00. The van der Waals surface area contributed by atoms with Crippen LogP contribution in [0.2, 0.25) is 0 Å². The molecule has 2 heterocycles. The lowest BCUT2D eigenvalue weighted by atomic mass is 10.1. The number of ether oxygens (including phenoxy) is 2. The van der Waals surface area contributed by atoms with E-state index >= 15 is 0 Å². The standard InChI is InChI=1S/C23H18F3NO3/c1-2-29-22(28)21-18-10-9-17(13-20(18)27-11-4-3-8-19(21)27)30-14-15-6-5-7-16(12-15)23(24,25)26/h3-13H,2,14H2,1H3. The number of hydrogen-bond acceptors (Lipinski definition) is 3. The highest BCUT2D eigenvalue weighted by atomic mass is 19.4. The van der Waals surface area contributed by atoms with Crippen LogP contribution in [0.3, 0.4) is 0 Å². The molecule has 0 amide bonds. The van der Waals surface area contributed by atoms with Crippen LogP contribution in [0, 0.1) is 0 Å². The lowest BCUT2D eigenvalue weighted by Gasteiger charge is -2.10. The van der Waals surface area contributed by atoms with Gasteiger partial charge in [0.25, 0.3) is 0 Å². The second-order valence-corrected chi connectivity index (χ2v) is 6.72. The van der Waals surface area contributed by atoms with Crippen LogP contribution >= 0.6 is 0 Å². The van der Waals surface area contributed by atoms with Gasteiger partial charge < -0.3 is 13.9 Å². The third-order valence-electron chi connectivity index (χ3n) is 4.75. The molecule has 4 nitrogen and oxygen atoms in total. The van der Waals surface area contributed by atoms with Crippen molar-refractivity contribution >= 4 is 22.4 Å². The zero-order valence-electron chi connectivity index (χ0n) is 16.1. The molecule has 154 valence electrons. The average Bonchev–Trinajstić information content (AvgIpc) is 3.06. The first-order valence-electron chi connectivity index (χ1n) is 9.37. The Hall–Kier alpha value is -3.48. The van der Waals surface area contributed by atoms with Crippen molar-refractivity contribution in [1.29, 1.82) is 0 Å². The van der Waals surface area contributed by atoms with Gasteiger partial charge in [-0.25, -0.2) is 4.79 Å². The number of pyridine rings is 1. The minimum absolute atomic E-state index is 0.0104. The molecule has 30 heavy (non-hydrogen) atoms. The predicted molar refractivity (Wildman–Crippen MR) is 107 cm³/mol. The molecule has 0 fully saturated rings. The Morgan fingerprint density at radius 3 is 2.60 bits per heavy atom. The lowest BCUT2D eigenvalue weighted by molar-refractivity contribution is -0.137. The molecule has 0 aliphatic rings. The number of rotatable bonds is 5. The zero-order chi connectivity index (χ0) is 21.3. The number of hydrogen-bond donors (Lipinski definition) is 0. The van der Waals surface area contributed by atoms with Gasteiger partial charge in [0.05, 0.1) is 28.8 Å². The highest BCUT2D eigenvalue weighted by Gasteiger charge is 2.30. The number of nitrogens with zero attached hydrogens (tertiary/aromatic N) is 1. The molecular weight excluding hydrogens is 395 g/mol. The predicted octanol–water partition coefficient (Wildman–Crippen LogP) is 5.87. The molecule has 2 aromatic carbocycles. The Morgan fingerprint density at radius 1 is 1.00 bits per heavy atom. The summed E-state index contributed by atoms with van der Waals surface area (Å²) in [6.07, 6.45) is -2.57. The highest BCUT2D eigenvalue weighted by molar-refractivity contribution is 6.11. The molecule has 0 radical (unpaired) electrons. The van der Waals surface area contributed by atoms with Gasteiger partial charge in [-0.1, -0.05) is 18.2 Å². The average molecular weight is 413 g/mol. The SMILES string of the molecule is CCOC(=O)c1c2ccc(OCc3cccc(C(F)(F)F)c3)cc2n2ccccc12. The monoisotopic (exact) mass is 413 g/mol. The van der Waals surface area contributed by atoms with Gasteiger partial charge in [-0.15, -0.1) is 0 Å². The van der Waals surface area contributed by atoms with E-state index in [1.807, 2.05) is 28.8 Å². The Balaban J connectivity index is 1.67. The molecule has 0 saturated heterocycles. The smallest absolute Gasteiger partial charge is 0.416 e. The summed E-state index contributed by atoms with van der Waals surface area (Å²) in [4.78, 5) is 12.5. The van der Waals surface area contributed by atoms with Crippen molar-refractivity contribution in [3.8, 4) is 5.75 Å². The number of alkyl halides is 3. The summed E-state index contributed by atoms with van der Waals surface area (Å²) in [5.74, 6) is 0.0763. The Morgan fingerprint density at radius 2 is 1.83 bits per heavy atom. The van der Waals surface area contributed by atoms with E-state index in [0.29, 0.717) is 27.8 Å². The molecular formula is C23H18F3NO3. The molecule has 7 heteroatoms. The van der Waals surface area contributed by atoms with Crippen LogP contribution in [-0.4, -0.2) is 17.0 Å². The third-order valence-corrected chi connectivity index (χ3v) is 4.75. The molecule has 0 spiro atoms. The van der Waals surface area contributed by atoms with Crippen LogP contribution in [-0.2, 0) is 17.5 Å². The number of esters is 1. The molecule has 0 bridgehead atoms. The van der Waals surface area contributed by atoms with Crippen molar-refractivity contribution in [3.63, 3.8) is 0 Å². The van der Waals surface area contributed by atoms with Crippen molar-refractivity contribution in [1.82, 2.24) is 4.40 Å². The first-order chi connectivity index (χ1) is 14.4. The van der Waals surface area contributed by atoms with Gasteiger partial charge in [-0.05, 0) is 48.9 Å². The normalized spacial score (nSPS) is 11.7. The molecule has 0 unspecified atom stereocenters. The topological polar surface area (TPSA) is 39.9 Å². The summed E-state index contributed by atoms with van der Waals surface area (Å²) in [5, 5.41) is 0.714. The zero-order valence-corrected chi connectivity index (χ0v) is 16.1. The summed E-state index contributed by atoms with van der Waals surface area (Å²) in [5.41, 5.74) is 1.63. The van der Waals surface area contributed by atoms with Gasteiger partial charge >= 0.3 is 12.1 Å². The summed E-state index contributed by atoms with van der Waals surface area (Å²) in [6, 6.07) is 15.8. The summed E-state index contributed by atoms with van der Waals surface area (Å²) < 4.78 is 51.5. The van der Waals surface area contributed by atoms with Gasteiger partial charge in [0.1, 0.15) is 12.4 Å². The largest absolute Gasteiger partial charge is 0.489 e. The van der Waals surface area contributed by atoms with Crippen LogP contribution in [0.25, 0.3) is 16.4 Å². The minimum atomic E-state index is -4.40. The molecule has 4 aromatic rings. The highest BCUT2D eigenvalue weighted by Crippen LogP contribution is 2.32. The van der Waals surface area contributed by atoms with Crippen molar-refractivity contribution < 1.29 is 27.4 Å². The minimum Gasteiger partial charge on any atom is -0.489 e. The Kier molecular flexibility index (Phi) is 5.11. The van der Waals surface area contributed by atoms with Crippen molar-refractivity contribution in [2.45, 2.75) is 19.7 Å². The van der Waals surface area contributed by atoms with E-state index in [1.165, 1.54) is 6.07 Å². The van der Waals surface area contributed by atoms with Crippen LogP contribution in [0.15, 0.2) is 66.9 Å². The van der Waals surface area contributed by atoms with E-state index in [1.54, 1.807) is 31.2 Å². The van der Waals surface area contributed by atoms with Crippen LogP contribution in [0.4, 0.5) is 13.2 Å². The maximum absolute atomic E-state index is 12.9.